The van der Waals surface area contributed by atoms with Crippen LogP contribution in [0.2, 0.25) is 25.1 Å². The highest BCUT2D eigenvalue weighted by atomic mass is 35.5. The normalized spacial score (nSPS) is 12.3. The molecule has 0 radical (unpaired) electrons. The van der Waals surface area contributed by atoms with E-state index < -0.39 is 21.8 Å². The molecule has 0 fully saturated rings. The maximum absolute atomic E-state index is 12.9. The van der Waals surface area contributed by atoms with Crippen LogP contribution in [0.15, 0.2) is 29.2 Å². The summed E-state index contributed by atoms with van der Waals surface area (Å²) < 4.78 is 65.9. The second-order valence-corrected chi connectivity index (χ2v) is 10.1. The van der Waals surface area contributed by atoms with Gasteiger partial charge in [0.2, 0.25) is 5.13 Å². The summed E-state index contributed by atoms with van der Waals surface area (Å²) in [5, 5.41) is 6.16. The maximum atomic E-state index is 12.9. The first kappa shape index (κ1) is 23.6. The third kappa shape index (κ3) is 4.74. The van der Waals surface area contributed by atoms with Gasteiger partial charge in [0.25, 0.3) is 10.0 Å². The second-order valence-electron chi connectivity index (χ2n) is 5.50. The summed E-state index contributed by atoms with van der Waals surface area (Å²) in [5.74, 6) is 0. The van der Waals surface area contributed by atoms with Gasteiger partial charge in [-0.3, -0.25) is 4.72 Å². The third-order valence-electron chi connectivity index (χ3n) is 3.52. The first-order valence-corrected chi connectivity index (χ1v) is 11.6. The average Bonchev–Trinajstić information content (AvgIpc) is 3.05. The molecule has 1 aromatic heterocycles. The van der Waals surface area contributed by atoms with Crippen molar-refractivity contribution in [3.8, 4) is 10.6 Å². The number of aromatic nitrogens is 2. The van der Waals surface area contributed by atoms with Gasteiger partial charge < -0.3 is 0 Å². The fraction of sp³-hybridized carbons (Fsp3) is 0.0667. The number of anilines is 1. The van der Waals surface area contributed by atoms with E-state index in [-0.39, 0.29) is 45.7 Å². The van der Waals surface area contributed by atoms with Crippen LogP contribution < -0.4 is 4.72 Å². The fourth-order valence-electron chi connectivity index (χ4n) is 2.19. The van der Waals surface area contributed by atoms with Crippen LogP contribution >= 0.6 is 69.3 Å². The van der Waals surface area contributed by atoms with Crippen LogP contribution in [0.25, 0.3) is 10.6 Å². The van der Waals surface area contributed by atoms with Crippen LogP contribution in [-0.2, 0) is 16.2 Å². The first-order valence-electron chi connectivity index (χ1n) is 7.37. The largest absolute Gasteiger partial charge is 0.416 e. The summed E-state index contributed by atoms with van der Waals surface area (Å²) in [6.07, 6.45) is -4.65. The van der Waals surface area contributed by atoms with Gasteiger partial charge in [-0.2, -0.15) is 13.2 Å². The molecule has 0 aliphatic rings. The molecule has 160 valence electrons. The topological polar surface area (TPSA) is 72.0 Å². The molecule has 0 unspecified atom stereocenters. The molecule has 0 saturated heterocycles. The van der Waals surface area contributed by atoms with E-state index in [4.69, 9.17) is 58.0 Å². The monoisotopic (exact) mass is 555 g/mol. The van der Waals surface area contributed by atoms with E-state index in [1.54, 1.807) is 0 Å². The lowest BCUT2D eigenvalue weighted by Crippen LogP contribution is -2.13. The molecule has 3 rings (SSSR count). The SMILES string of the molecule is O=S(=O)(Nc1nnc(-c2c(Cl)cc(C(F)(F)F)cc2Cl)s1)c1ccc(Cl)c(Cl)c1Cl. The fourth-order valence-corrected chi connectivity index (χ4v) is 6.00. The standard InChI is InChI=1S/C15H5Cl5F3N3O2S2/c16-6-1-2-9(12(20)11(6)19)30(27,28)26-14-25-24-13(29-14)10-7(17)3-5(4-8(10)18)15(21,22)23/h1-4H,(H,25,26). The molecule has 15 heteroatoms. The van der Waals surface area contributed by atoms with Crippen molar-refractivity contribution in [2.24, 2.45) is 0 Å². The molecule has 0 spiro atoms. The quantitative estimate of drug-likeness (QED) is 0.342. The van der Waals surface area contributed by atoms with Gasteiger partial charge in [0, 0.05) is 5.56 Å². The molecule has 0 bridgehead atoms. The predicted molar refractivity (Wildman–Crippen MR) is 113 cm³/mol. The van der Waals surface area contributed by atoms with Gasteiger partial charge in [0.15, 0.2) is 5.01 Å². The molecule has 0 aliphatic heterocycles. The smallest absolute Gasteiger partial charge is 0.253 e. The minimum absolute atomic E-state index is 0.00309. The number of sulfonamides is 1. The summed E-state index contributed by atoms with van der Waals surface area (Å²) in [6.45, 7) is 0. The van der Waals surface area contributed by atoms with Gasteiger partial charge in [-0.15, -0.1) is 10.2 Å². The molecule has 0 amide bonds. The molecule has 0 aliphatic carbocycles. The van der Waals surface area contributed by atoms with E-state index in [0.717, 1.165) is 6.07 Å². The summed E-state index contributed by atoms with van der Waals surface area (Å²) in [4.78, 5) is -0.360. The Morgan fingerprint density at radius 3 is 2.07 bits per heavy atom. The van der Waals surface area contributed by atoms with Crippen LogP contribution in [0.5, 0.6) is 0 Å². The highest BCUT2D eigenvalue weighted by Crippen LogP contribution is 2.42. The van der Waals surface area contributed by atoms with Gasteiger partial charge in [0.1, 0.15) is 4.90 Å². The van der Waals surface area contributed by atoms with E-state index in [0.29, 0.717) is 23.5 Å². The predicted octanol–water partition coefficient (Wildman–Crippen LogP) is 7.29. The number of rotatable bonds is 4. The van der Waals surface area contributed by atoms with E-state index >= 15 is 0 Å². The number of hydrogen-bond donors (Lipinski definition) is 1. The van der Waals surface area contributed by atoms with Gasteiger partial charge in [0.05, 0.1) is 30.7 Å². The van der Waals surface area contributed by atoms with Crippen molar-refractivity contribution >= 4 is 84.5 Å². The average molecular weight is 558 g/mol. The van der Waals surface area contributed by atoms with Crippen LogP contribution in [0, 0.1) is 0 Å². The van der Waals surface area contributed by atoms with E-state index in [2.05, 4.69) is 14.9 Å². The highest BCUT2D eigenvalue weighted by Gasteiger charge is 2.32. The molecular formula is C15H5Cl5F3N3O2S2. The maximum Gasteiger partial charge on any atom is 0.416 e. The minimum atomic E-state index is -4.65. The Bertz CT molecular complexity index is 1230. The number of nitrogens with zero attached hydrogens (tertiary/aromatic N) is 2. The van der Waals surface area contributed by atoms with Crippen molar-refractivity contribution in [2.45, 2.75) is 11.1 Å². The first-order chi connectivity index (χ1) is 13.8. The zero-order chi connectivity index (χ0) is 22.4. The summed E-state index contributed by atoms with van der Waals surface area (Å²) in [6, 6.07) is 3.76. The Balaban J connectivity index is 1.95. The van der Waals surface area contributed by atoms with Gasteiger partial charge >= 0.3 is 6.18 Å². The number of nitrogens with one attached hydrogen (secondary N) is 1. The number of benzene rings is 2. The van der Waals surface area contributed by atoms with Crippen LogP contribution in [0.3, 0.4) is 0 Å². The molecule has 5 nitrogen and oxygen atoms in total. The lowest BCUT2D eigenvalue weighted by Gasteiger charge is -2.10. The Labute approximate surface area is 196 Å². The second kappa shape index (κ2) is 8.50. The third-order valence-corrected chi connectivity index (χ3v) is 7.89. The van der Waals surface area contributed by atoms with Gasteiger partial charge in [-0.25, -0.2) is 8.42 Å². The Morgan fingerprint density at radius 2 is 1.50 bits per heavy atom. The van der Waals surface area contributed by atoms with E-state index in [1.165, 1.54) is 6.07 Å². The molecule has 30 heavy (non-hydrogen) atoms. The van der Waals surface area contributed by atoms with Crippen LogP contribution in [0.1, 0.15) is 5.56 Å². The van der Waals surface area contributed by atoms with E-state index in [1.807, 2.05) is 0 Å². The summed E-state index contributed by atoms with van der Waals surface area (Å²) in [5.41, 5.74) is -1.07. The highest BCUT2D eigenvalue weighted by molar-refractivity contribution is 7.93. The molecule has 1 heterocycles. The van der Waals surface area contributed by atoms with Crippen molar-refractivity contribution in [1.29, 1.82) is 0 Å². The van der Waals surface area contributed by atoms with Gasteiger partial charge in [-0.05, 0) is 24.3 Å². The van der Waals surface area contributed by atoms with Crippen molar-refractivity contribution < 1.29 is 21.6 Å². The lowest BCUT2D eigenvalue weighted by molar-refractivity contribution is -0.137. The summed E-state index contributed by atoms with van der Waals surface area (Å²) in [7, 11) is -4.23. The molecule has 1 N–H and O–H groups in total. The number of alkyl halides is 3. The van der Waals surface area contributed by atoms with Crippen molar-refractivity contribution in [1.82, 2.24) is 10.2 Å². The van der Waals surface area contributed by atoms with Crippen LogP contribution in [0.4, 0.5) is 18.3 Å². The molecular weight excluding hydrogens is 553 g/mol. The number of halogens is 8. The van der Waals surface area contributed by atoms with Crippen molar-refractivity contribution in [3.63, 3.8) is 0 Å². The molecule has 3 aromatic rings. The van der Waals surface area contributed by atoms with Crippen molar-refractivity contribution in [3.05, 3.63) is 54.9 Å². The van der Waals surface area contributed by atoms with Crippen molar-refractivity contribution in [2.75, 3.05) is 4.72 Å². The van der Waals surface area contributed by atoms with E-state index in [9.17, 15) is 21.6 Å². The minimum Gasteiger partial charge on any atom is -0.253 e. The number of hydrogen-bond acceptors (Lipinski definition) is 5. The van der Waals surface area contributed by atoms with Gasteiger partial charge in [-0.1, -0.05) is 69.3 Å². The zero-order valence-corrected chi connectivity index (χ0v) is 19.3. The summed E-state index contributed by atoms with van der Waals surface area (Å²) >= 11 is 30.2. The zero-order valence-electron chi connectivity index (χ0n) is 13.9. The molecule has 0 saturated carbocycles. The Hall–Kier alpha value is -1.01. The Kier molecular flexibility index (Phi) is 6.70. The Morgan fingerprint density at radius 1 is 0.900 bits per heavy atom. The van der Waals surface area contributed by atoms with Crippen LogP contribution in [-0.4, -0.2) is 18.6 Å². The lowest BCUT2D eigenvalue weighted by atomic mass is 10.1. The molecule has 2 aromatic carbocycles. The molecule has 0 atom stereocenters.